The Morgan fingerprint density at radius 2 is 1.86 bits per heavy atom. The molecule has 3 rings (SSSR count). The monoisotopic (exact) mass is 380 g/mol. The van der Waals surface area contributed by atoms with Gasteiger partial charge < -0.3 is 19.4 Å². The number of rotatable bonds is 6. The Morgan fingerprint density at radius 1 is 1.14 bits per heavy atom. The summed E-state index contributed by atoms with van der Waals surface area (Å²) in [7, 11) is 3.32. The molecule has 0 aliphatic heterocycles. The molecule has 2 amide bonds. The zero-order valence-electron chi connectivity index (χ0n) is 16.5. The van der Waals surface area contributed by atoms with E-state index in [9.17, 15) is 9.59 Å². The number of hydrogen-bond acceptors (Lipinski definition) is 4. The number of fused-ring (bicyclic) bond motifs is 1. The van der Waals surface area contributed by atoms with Crippen molar-refractivity contribution >= 4 is 22.8 Å². The van der Waals surface area contributed by atoms with Crippen molar-refractivity contribution in [2.45, 2.75) is 20.4 Å². The van der Waals surface area contributed by atoms with Crippen LogP contribution < -0.4 is 10.1 Å². The van der Waals surface area contributed by atoms with E-state index in [-0.39, 0.29) is 11.8 Å². The van der Waals surface area contributed by atoms with Gasteiger partial charge in [-0.2, -0.15) is 0 Å². The minimum atomic E-state index is -0.193. The summed E-state index contributed by atoms with van der Waals surface area (Å²) in [5, 5.41) is 3.46. The molecule has 6 heteroatoms. The second-order valence-electron chi connectivity index (χ2n) is 6.58. The number of furan rings is 1. The molecule has 0 fully saturated rings. The summed E-state index contributed by atoms with van der Waals surface area (Å²) in [6, 6.07) is 12.7. The van der Waals surface area contributed by atoms with Gasteiger partial charge in [0.15, 0.2) is 5.76 Å². The van der Waals surface area contributed by atoms with Gasteiger partial charge in [-0.15, -0.1) is 0 Å². The van der Waals surface area contributed by atoms with Crippen molar-refractivity contribution in [3.63, 3.8) is 0 Å². The summed E-state index contributed by atoms with van der Waals surface area (Å²) in [5.41, 5.74) is 2.96. The van der Waals surface area contributed by atoms with Crippen molar-refractivity contribution in [2.75, 3.05) is 20.7 Å². The van der Waals surface area contributed by atoms with Gasteiger partial charge in [0.05, 0.1) is 6.61 Å². The molecular formula is C22H24N2O4. The Labute approximate surface area is 164 Å². The molecule has 0 spiro atoms. The molecule has 0 atom stereocenters. The second-order valence-corrected chi connectivity index (χ2v) is 6.58. The summed E-state index contributed by atoms with van der Waals surface area (Å²) in [4.78, 5) is 26.1. The molecule has 0 saturated carbocycles. The first-order valence-corrected chi connectivity index (χ1v) is 9.17. The maximum Gasteiger partial charge on any atom is 0.289 e. The molecule has 0 aliphatic rings. The Hall–Kier alpha value is -3.28. The molecule has 2 aromatic carbocycles. The Balaban J connectivity index is 1.79. The summed E-state index contributed by atoms with van der Waals surface area (Å²) in [6.45, 7) is 4.79. The fraction of sp³-hybridized carbons (Fsp3) is 0.273. The topological polar surface area (TPSA) is 71.8 Å². The van der Waals surface area contributed by atoms with Crippen LogP contribution >= 0.6 is 0 Å². The number of hydrogen-bond donors (Lipinski definition) is 1. The lowest BCUT2D eigenvalue weighted by Crippen LogP contribution is -2.26. The first kappa shape index (κ1) is 19.5. The highest BCUT2D eigenvalue weighted by Gasteiger charge is 2.21. The largest absolute Gasteiger partial charge is 0.494 e. The molecule has 0 bridgehead atoms. The Bertz CT molecular complexity index is 1010. The lowest BCUT2D eigenvalue weighted by Gasteiger charge is -2.16. The highest BCUT2D eigenvalue weighted by molar-refractivity contribution is 5.99. The van der Waals surface area contributed by atoms with Gasteiger partial charge in [-0.05, 0) is 49.7 Å². The van der Waals surface area contributed by atoms with Crippen molar-refractivity contribution in [3.05, 3.63) is 64.9 Å². The molecule has 1 N–H and O–H groups in total. The second kappa shape index (κ2) is 8.17. The zero-order chi connectivity index (χ0) is 20.3. The Morgan fingerprint density at radius 3 is 2.50 bits per heavy atom. The van der Waals surface area contributed by atoms with Gasteiger partial charge in [0.1, 0.15) is 11.3 Å². The van der Waals surface area contributed by atoms with Crippen LogP contribution in [0.15, 0.2) is 46.9 Å². The van der Waals surface area contributed by atoms with Crippen LogP contribution in [0.25, 0.3) is 11.0 Å². The molecule has 28 heavy (non-hydrogen) atoms. The van der Waals surface area contributed by atoms with Gasteiger partial charge in [-0.25, -0.2) is 0 Å². The minimum absolute atomic E-state index is 0.139. The first-order chi connectivity index (χ1) is 13.4. The van der Waals surface area contributed by atoms with Crippen LogP contribution in [0.4, 0.5) is 0 Å². The van der Waals surface area contributed by atoms with Crippen LogP contribution in [0.3, 0.4) is 0 Å². The number of amides is 2. The average Bonchev–Trinajstić information content (AvgIpc) is 3.03. The lowest BCUT2D eigenvalue weighted by atomic mass is 10.1. The quantitative estimate of drug-likeness (QED) is 0.707. The highest BCUT2D eigenvalue weighted by Crippen LogP contribution is 2.29. The normalized spacial score (nSPS) is 10.7. The first-order valence-electron chi connectivity index (χ1n) is 9.17. The van der Waals surface area contributed by atoms with Crippen molar-refractivity contribution in [1.82, 2.24) is 10.2 Å². The number of nitrogens with one attached hydrogen (secondary N) is 1. The van der Waals surface area contributed by atoms with Crippen LogP contribution in [0.5, 0.6) is 5.75 Å². The summed E-state index contributed by atoms with van der Waals surface area (Å²) < 4.78 is 11.4. The smallest absolute Gasteiger partial charge is 0.289 e. The molecule has 0 aliphatic carbocycles. The third-order valence-corrected chi connectivity index (χ3v) is 4.62. The molecule has 0 unspecified atom stereocenters. The SMILES string of the molecule is CCOc1ccc2oc(C(=O)N(C)Cc3ccc(C(=O)NC)cc3)c(C)c2c1. The van der Waals surface area contributed by atoms with E-state index in [0.29, 0.717) is 30.1 Å². The average molecular weight is 380 g/mol. The van der Waals surface area contributed by atoms with Gasteiger partial charge in [-0.1, -0.05) is 12.1 Å². The Kier molecular flexibility index (Phi) is 5.68. The van der Waals surface area contributed by atoms with E-state index in [0.717, 1.165) is 22.3 Å². The molecule has 0 radical (unpaired) electrons. The number of carbonyl (C=O) groups is 2. The van der Waals surface area contributed by atoms with E-state index in [1.807, 2.05) is 44.2 Å². The standard InChI is InChI=1S/C22H24N2O4/c1-5-27-17-10-11-19-18(12-17)14(2)20(28-19)22(26)24(4)13-15-6-8-16(9-7-15)21(25)23-3/h6-12H,5,13H2,1-4H3,(H,23,25). The van der Waals surface area contributed by atoms with E-state index in [4.69, 9.17) is 9.15 Å². The number of aryl methyl sites for hydroxylation is 1. The number of benzene rings is 2. The van der Waals surface area contributed by atoms with Crippen LogP contribution in [-0.2, 0) is 6.54 Å². The van der Waals surface area contributed by atoms with Gasteiger partial charge in [0, 0.05) is 37.2 Å². The molecule has 1 aromatic heterocycles. The van der Waals surface area contributed by atoms with E-state index in [1.165, 1.54) is 0 Å². The van der Waals surface area contributed by atoms with Crippen molar-refractivity contribution < 1.29 is 18.7 Å². The van der Waals surface area contributed by atoms with Gasteiger partial charge in [-0.3, -0.25) is 9.59 Å². The van der Waals surface area contributed by atoms with Gasteiger partial charge >= 0.3 is 0 Å². The van der Waals surface area contributed by atoms with E-state index >= 15 is 0 Å². The maximum atomic E-state index is 12.9. The fourth-order valence-electron chi connectivity index (χ4n) is 3.09. The van der Waals surface area contributed by atoms with Crippen molar-refractivity contribution in [2.24, 2.45) is 0 Å². The minimum Gasteiger partial charge on any atom is -0.494 e. The molecule has 3 aromatic rings. The predicted molar refractivity (Wildman–Crippen MR) is 108 cm³/mol. The zero-order valence-corrected chi connectivity index (χ0v) is 16.5. The van der Waals surface area contributed by atoms with Crippen molar-refractivity contribution in [3.8, 4) is 5.75 Å². The molecular weight excluding hydrogens is 356 g/mol. The van der Waals surface area contributed by atoms with Gasteiger partial charge in [0.2, 0.25) is 0 Å². The van der Waals surface area contributed by atoms with Crippen LogP contribution in [0.2, 0.25) is 0 Å². The predicted octanol–water partition coefficient (Wildman–Crippen LogP) is 3.77. The van der Waals surface area contributed by atoms with E-state index in [2.05, 4.69) is 5.32 Å². The summed E-state index contributed by atoms with van der Waals surface area (Å²) >= 11 is 0. The van der Waals surface area contributed by atoms with E-state index < -0.39 is 0 Å². The number of nitrogens with zero attached hydrogens (tertiary/aromatic N) is 1. The third kappa shape index (κ3) is 3.86. The maximum absolute atomic E-state index is 12.9. The lowest BCUT2D eigenvalue weighted by molar-refractivity contribution is 0.0754. The third-order valence-electron chi connectivity index (χ3n) is 4.62. The number of carbonyl (C=O) groups excluding carboxylic acids is 2. The molecule has 1 heterocycles. The molecule has 146 valence electrons. The van der Waals surface area contributed by atoms with Crippen LogP contribution in [0, 0.1) is 6.92 Å². The molecule has 6 nitrogen and oxygen atoms in total. The van der Waals surface area contributed by atoms with Crippen molar-refractivity contribution in [1.29, 1.82) is 0 Å². The fourth-order valence-corrected chi connectivity index (χ4v) is 3.09. The van der Waals surface area contributed by atoms with Crippen LogP contribution in [-0.4, -0.2) is 37.4 Å². The highest BCUT2D eigenvalue weighted by atomic mass is 16.5. The van der Waals surface area contributed by atoms with Gasteiger partial charge in [0.25, 0.3) is 11.8 Å². The molecule has 0 saturated heterocycles. The van der Waals surface area contributed by atoms with Crippen LogP contribution in [0.1, 0.15) is 39.0 Å². The van der Waals surface area contributed by atoms with E-state index in [1.54, 1.807) is 31.1 Å². The number of ether oxygens (including phenoxy) is 1. The summed E-state index contributed by atoms with van der Waals surface area (Å²) in [6.07, 6.45) is 0. The summed E-state index contributed by atoms with van der Waals surface area (Å²) in [5.74, 6) is 0.748.